The Labute approximate surface area is 116 Å². The van der Waals surface area contributed by atoms with Gasteiger partial charge in [-0.15, -0.1) is 11.8 Å². The highest BCUT2D eigenvalue weighted by atomic mass is 35.5. The van der Waals surface area contributed by atoms with E-state index >= 15 is 0 Å². The van der Waals surface area contributed by atoms with E-state index in [2.05, 4.69) is 0 Å². The molecule has 0 aliphatic heterocycles. The van der Waals surface area contributed by atoms with Crippen LogP contribution in [0, 0.1) is 0 Å². The second kappa shape index (κ2) is 6.03. The number of benzene rings is 2. The Kier molecular flexibility index (Phi) is 4.39. The molecule has 2 N–H and O–H groups in total. The third-order valence-corrected chi connectivity index (χ3v) is 3.54. The minimum atomic E-state index is 0.422. The predicted molar refractivity (Wildman–Crippen MR) is 78.4 cm³/mol. The number of rotatable bonds is 4. The first-order valence-electron chi connectivity index (χ1n) is 5.50. The van der Waals surface area contributed by atoms with Crippen molar-refractivity contribution in [3.8, 4) is 5.75 Å². The summed E-state index contributed by atoms with van der Waals surface area (Å²) in [6.45, 7) is 0.422. The van der Waals surface area contributed by atoms with Crippen LogP contribution < -0.4 is 10.5 Å². The first kappa shape index (κ1) is 13.1. The molecule has 0 aliphatic carbocycles. The fraction of sp³-hybridized carbons (Fsp3) is 0.143. The maximum Gasteiger partial charge on any atom is 0.119 e. The van der Waals surface area contributed by atoms with E-state index in [4.69, 9.17) is 22.1 Å². The van der Waals surface area contributed by atoms with Crippen LogP contribution in [0.25, 0.3) is 0 Å². The maximum atomic E-state index is 5.92. The Hall–Kier alpha value is -1.32. The first-order valence-corrected chi connectivity index (χ1v) is 7.10. The minimum Gasteiger partial charge on any atom is -0.489 e. The van der Waals surface area contributed by atoms with Crippen LogP contribution in [0.4, 0.5) is 5.69 Å². The van der Waals surface area contributed by atoms with Crippen LogP contribution >= 0.6 is 23.4 Å². The van der Waals surface area contributed by atoms with Crippen LogP contribution in [-0.2, 0) is 6.61 Å². The molecule has 0 fully saturated rings. The zero-order chi connectivity index (χ0) is 13.0. The lowest BCUT2D eigenvalue weighted by atomic mass is 10.2. The summed E-state index contributed by atoms with van der Waals surface area (Å²) in [4.78, 5) is 1.21. The van der Waals surface area contributed by atoms with Crippen LogP contribution in [0.3, 0.4) is 0 Å². The lowest BCUT2D eigenvalue weighted by Crippen LogP contribution is -2.00. The summed E-state index contributed by atoms with van der Waals surface area (Å²) in [6.07, 6.45) is 2.04. The van der Waals surface area contributed by atoms with Crippen molar-refractivity contribution in [2.45, 2.75) is 11.5 Å². The van der Waals surface area contributed by atoms with Gasteiger partial charge in [0.25, 0.3) is 0 Å². The molecule has 18 heavy (non-hydrogen) atoms. The van der Waals surface area contributed by atoms with E-state index in [-0.39, 0.29) is 0 Å². The molecule has 0 unspecified atom stereocenters. The van der Waals surface area contributed by atoms with Crippen molar-refractivity contribution in [1.82, 2.24) is 0 Å². The number of halogens is 1. The highest BCUT2D eigenvalue weighted by Crippen LogP contribution is 2.22. The van der Waals surface area contributed by atoms with Gasteiger partial charge >= 0.3 is 0 Å². The molecule has 0 radical (unpaired) electrons. The molecule has 2 nitrogen and oxygen atoms in total. The second-order valence-electron chi connectivity index (χ2n) is 3.81. The smallest absolute Gasteiger partial charge is 0.119 e. The van der Waals surface area contributed by atoms with E-state index in [0.717, 1.165) is 11.3 Å². The lowest BCUT2D eigenvalue weighted by molar-refractivity contribution is 0.306. The van der Waals surface area contributed by atoms with E-state index in [1.807, 2.05) is 36.6 Å². The zero-order valence-corrected chi connectivity index (χ0v) is 11.6. The van der Waals surface area contributed by atoms with E-state index in [1.54, 1.807) is 23.9 Å². The van der Waals surface area contributed by atoms with Crippen molar-refractivity contribution in [1.29, 1.82) is 0 Å². The second-order valence-corrected chi connectivity index (χ2v) is 5.12. The highest BCUT2D eigenvalue weighted by molar-refractivity contribution is 7.98. The normalized spacial score (nSPS) is 10.3. The first-order chi connectivity index (χ1) is 8.69. The molecule has 0 atom stereocenters. The molecular weight excluding hydrogens is 266 g/mol. The molecule has 0 bridgehead atoms. The van der Waals surface area contributed by atoms with Crippen LogP contribution in [0.1, 0.15) is 5.56 Å². The Morgan fingerprint density at radius 1 is 1.17 bits per heavy atom. The average molecular weight is 280 g/mol. The van der Waals surface area contributed by atoms with Gasteiger partial charge in [0.05, 0.1) is 0 Å². The Balaban J connectivity index is 2.04. The summed E-state index contributed by atoms with van der Waals surface area (Å²) in [6, 6.07) is 13.3. The molecule has 0 aromatic heterocycles. The number of hydrogen-bond donors (Lipinski definition) is 1. The molecule has 0 saturated carbocycles. The molecule has 2 rings (SSSR count). The van der Waals surface area contributed by atoms with E-state index in [1.165, 1.54) is 4.90 Å². The van der Waals surface area contributed by atoms with Gasteiger partial charge in [-0.25, -0.2) is 0 Å². The molecule has 0 amide bonds. The summed E-state index contributed by atoms with van der Waals surface area (Å²) in [5, 5.41) is 0.667. The quantitative estimate of drug-likeness (QED) is 0.672. The lowest BCUT2D eigenvalue weighted by Gasteiger charge is -2.09. The van der Waals surface area contributed by atoms with Crippen LogP contribution in [0.5, 0.6) is 5.75 Å². The molecule has 2 aromatic rings. The van der Waals surface area contributed by atoms with E-state index < -0.39 is 0 Å². The Morgan fingerprint density at radius 3 is 2.56 bits per heavy atom. The largest absolute Gasteiger partial charge is 0.489 e. The van der Waals surface area contributed by atoms with Gasteiger partial charge in [0.1, 0.15) is 12.4 Å². The molecule has 4 heteroatoms. The van der Waals surface area contributed by atoms with Gasteiger partial charge in [0.2, 0.25) is 0 Å². The fourth-order valence-electron chi connectivity index (χ4n) is 1.53. The van der Waals surface area contributed by atoms with E-state index in [9.17, 15) is 0 Å². The third kappa shape index (κ3) is 3.34. The SMILES string of the molecule is CSc1ccc(OCc2cc(Cl)ccc2N)cc1. The Morgan fingerprint density at radius 2 is 1.89 bits per heavy atom. The molecule has 0 spiro atoms. The monoisotopic (exact) mass is 279 g/mol. The van der Waals surface area contributed by atoms with Gasteiger partial charge in [-0.05, 0) is 48.7 Å². The summed E-state index contributed by atoms with van der Waals surface area (Å²) < 4.78 is 5.68. The summed E-state index contributed by atoms with van der Waals surface area (Å²) in [5.74, 6) is 0.826. The highest BCUT2D eigenvalue weighted by Gasteiger charge is 2.02. The topological polar surface area (TPSA) is 35.2 Å². The minimum absolute atomic E-state index is 0.422. The summed E-state index contributed by atoms with van der Waals surface area (Å²) in [5.41, 5.74) is 7.45. The van der Waals surface area contributed by atoms with Gasteiger partial charge < -0.3 is 10.5 Å². The number of thioether (sulfide) groups is 1. The van der Waals surface area contributed by atoms with Gasteiger partial charge in [-0.3, -0.25) is 0 Å². The standard InChI is InChI=1S/C14H14ClNOS/c1-18-13-5-3-12(4-6-13)17-9-10-8-11(15)2-7-14(10)16/h2-8H,9,16H2,1H3. The van der Waals surface area contributed by atoms with Gasteiger partial charge in [0.15, 0.2) is 0 Å². The van der Waals surface area contributed by atoms with Crippen LogP contribution in [0.15, 0.2) is 47.4 Å². The van der Waals surface area contributed by atoms with Gasteiger partial charge in [-0.2, -0.15) is 0 Å². The van der Waals surface area contributed by atoms with Gasteiger partial charge in [-0.1, -0.05) is 11.6 Å². The van der Waals surface area contributed by atoms with Crippen molar-refractivity contribution in [2.75, 3.05) is 12.0 Å². The zero-order valence-electron chi connectivity index (χ0n) is 10.0. The third-order valence-electron chi connectivity index (χ3n) is 2.56. The van der Waals surface area contributed by atoms with Crippen molar-refractivity contribution in [3.05, 3.63) is 53.1 Å². The van der Waals surface area contributed by atoms with Crippen molar-refractivity contribution >= 4 is 29.1 Å². The molecule has 0 aliphatic rings. The summed E-state index contributed by atoms with van der Waals surface area (Å²) >= 11 is 7.63. The fourth-order valence-corrected chi connectivity index (χ4v) is 2.14. The molecule has 94 valence electrons. The molecule has 0 heterocycles. The van der Waals surface area contributed by atoms with Crippen LogP contribution in [-0.4, -0.2) is 6.26 Å². The summed E-state index contributed by atoms with van der Waals surface area (Å²) in [7, 11) is 0. The molecule has 2 aromatic carbocycles. The van der Waals surface area contributed by atoms with Crippen molar-refractivity contribution in [2.24, 2.45) is 0 Å². The maximum absolute atomic E-state index is 5.92. The van der Waals surface area contributed by atoms with Crippen molar-refractivity contribution in [3.63, 3.8) is 0 Å². The van der Waals surface area contributed by atoms with E-state index in [0.29, 0.717) is 17.3 Å². The average Bonchev–Trinajstić information content (AvgIpc) is 2.40. The Bertz CT molecular complexity index is 528. The number of nitrogens with two attached hydrogens (primary N) is 1. The predicted octanol–water partition coefficient (Wildman–Crippen LogP) is 4.22. The number of nitrogen functional groups attached to an aromatic ring is 1. The number of anilines is 1. The molecule has 0 saturated heterocycles. The van der Waals surface area contributed by atoms with Crippen LogP contribution in [0.2, 0.25) is 5.02 Å². The number of hydrogen-bond acceptors (Lipinski definition) is 3. The van der Waals surface area contributed by atoms with Crippen molar-refractivity contribution < 1.29 is 4.74 Å². The molecular formula is C14H14ClNOS. The van der Waals surface area contributed by atoms with Gasteiger partial charge in [0, 0.05) is 21.2 Å². The number of ether oxygens (including phenoxy) is 1.